The molecule has 1 amide bonds. The standard InChI is InChI=1S/C14H18ClF3N2O2/c1-13(2,22)8-20(3)7-12(21)19-9-4-5-11(15)10(6-9)14(16,17)18/h4-6,22H,7-8H2,1-3H3,(H,19,21). The van der Waals surface area contributed by atoms with Gasteiger partial charge in [-0.05, 0) is 39.1 Å². The molecule has 0 fully saturated rings. The number of benzene rings is 1. The van der Waals surface area contributed by atoms with Gasteiger partial charge in [-0.1, -0.05) is 11.6 Å². The van der Waals surface area contributed by atoms with E-state index in [-0.39, 0.29) is 18.8 Å². The molecule has 0 heterocycles. The highest BCUT2D eigenvalue weighted by Gasteiger charge is 2.33. The van der Waals surface area contributed by atoms with Gasteiger partial charge in [-0.15, -0.1) is 0 Å². The molecule has 0 saturated carbocycles. The maximum Gasteiger partial charge on any atom is 0.417 e. The van der Waals surface area contributed by atoms with Crippen LogP contribution < -0.4 is 5.32 Å². The molecule has 4 nitrogen and oxygen atoms in total. The second-order valence-corrected chi connectivity index (χ2v) is 6.13. The van der Waals surface area contributed by atoms with Crippen LogP contribution >= 0.6 is 11.6 Å². The largest absolute Gasteiger partial charge is 0.417 e. The van der Waals surface area contributed by atoms with E-state index in [1.807, 2.05) is 0 Å². The number of aliphatic hydroxyl groups is 1. The highest BCUT2D eigenvalue weighted by atomic mass is 35.5. The van der Waals surface area contributed by atoms with Gasteiger partial charge < -0.3 is 10.4 Å². The lowest BCUT2D eigenvalue weighted by Gasteiger charge is -2.24. The summed E-state index contributed by atoms with van der Waals surface area (Å²) in [6.07, 6.45) is -4.59. The van der Waals surface area contributed by atoms with Gasteiger partial charge in [0.15, 0.2) is 0 Å². The third-order valence-electron chi connectivity index (χ3n) is 2.63. The van der Waals surface area contributed by atoms with Gasteiger partial charge >= 0.3 is 6.18 Å². The lowest BCUT2D eigenvalue weighted by Crippen LogP contribution is -2.40. The van der Waals surface area contributed by atoms with Crippen LogP contribution in [0, 0.1) is 0 Å². The number of carbonyl (C=O) groups is 1. The van der Waals surface area contributed by atoms with Crippen LogP contribution in [0.3, 0.4) is 0 Å². The Labute approximate surface area is 131 Å². The zero-order chi connectivity index (χ0) is 17.1. The Morgan fingerprint density at radius 3 is 2.45 bits per heavy atom. The van der Waals surface area contributed by atoms with Crippen LogP contribution in [0.4, 0.5) is 18.9 Å². The molecule has 0 aromatic heterocycles. The van der Waals surface area contributed by atoms with Crippen molar-refractivity contribution in [2.75, 3.05) is 25.5 Å². The van der Waals surface area contributed by atoms with Crippen LogP contribution in [-0.2, 0) is 11.0 Å². The molecule has 0 bridgehead atoms. The summed E-state index contributed by atoms with van der Waals surface area (Å²) >= 11 is 5.51. The molecule has 0 atom stereocenters. The van der Waals surface area contributed by atoms with Gasteiger partial charge in [0, 0.05) is 12.2 Å². The van der Waals surface area contributed by atoms with Gasteiger partial charge in [0.1, 0.15) is 0 Å². The van der Waals surface area contributed by atoms with Crippen LogP contribution in [0.1, 0.15) is 19.4 Å². The summed E-state index contributed by atoms with van der Waals surface area (Å²) in [5.41, 5.74) is -1.96. The molecular weight excluding hydrogens is 321 g/mol. The lowest BCUT2D eigenvalue weighted by atomic mass is 10.1. The van der Waals surface area contributed by atoms with Crippen molar-refractivity contribution in [3.63, 3.8) is 0 Å². The number of likely N-dealkylation sites (N-methyl/N-ethyl adjacent to an activating group) is 1. The molecular formula is C14H18ClF3N2O2. The molecule has 0 aliphatic rings. The molecule has 1 rings (SSSR count). The maximum atomic E-state index is 12.7. The maximum absolute atomic E-state index is 12.7. The Morgan fingerprint density at radius 1 is 1.36 bits per heavy atom. The predicted molar refractivity (Wildman–Crippen MR) is 78.9 cm³/mol. The van der Waals surface area contributed by atoms with E-state index >= 15 is 0 Å². The Balaban J connectivity index is 2.73. The van der Waals surface area contributed by atoms with Crippen molar-refractivity contribution >= 4 is 23.2 Å². The fraction of sp³-hybridized carbons (Fsp3) is 0.500. The van der Waals surface area contributed by atoms with E-state index in [9.17, 15) is 23.1 Å². The van der Waals surface area contributed by atoms with E-state index < -0.39 is 28.3 Å². The van der Waals surface area contributed by atoms with Crippen molar-refractivity contribution in [3.05, 3.63) is 28.8 Å². The summed E-state index contributed by atoms with van der Waals surface area (Å²) in [5.74, 6) is -0.484. The highest BCUT2D eigenvalue weighted by molar-refractivity contribution is 6.31. The topological polar surface area (TPSA) is 52.6 Å². The number of nitrogens with one attached hydrogen (secondary N) is 1. The number of carbonyl (C=O) groups excluding carboxylic acids is 1. The lowest BCUT2D eigenvalue weighted by molar-refractivity contribution is -0.137. The summed E-state index contributed by atoms with van der Waals surface area (Å²) in [6.45, 7) is 3.37. The molecule has 8 heteroatoms. The molecule has 0 radical (unpaired) electrons. The van der Waals surface area contributed by atoms with Crippen molar-refractivity contribution in [2.24, 2.45) is 0 Å². The third-order valence-corrected chi connectivity index (χ3v) is 2.96. The quantitative estimate of drug-likeness (QED) is 0.867. The Bertz CT molecular complexity index is 542. The normalized spacial score (nSPS) is 12.6. The summed E-state index contributed by atoms with van der Waals surface area (Å²) in [4.78, 5) is 13.4. The molecule has 1 aromatic rings. The van der Waals surface area contributed by atoms with Gasteiger partial charge in [0.2, 0.25) is 5.91 Å². The van der Waals surface area contributed by atoms with E-state index in [0.29, 0.717) is 0 Å². The van der Waals surface area contributed by atoms with Crippen molar-refractivity contribution in [2.45, 2.75) is 25.6 Å². The zero-order valence-electron chi connectivity index (χ0n) is 12.5. The fourth-order valence-electron chi connectivity index (χ4n) is 1.98. The number of rotatable bonds is 5. The molecule has 0 spiro atoms. The number of hydrogen-bond donors (Lipinski definition) is 2. The third kappa shape index (κ3) is 6.21. The minimum atomic E-state index is -4.59. The van der Waals surface area contributed by atoms with E-state index in [4.69, 9.17) is 11.6 Å². The van der Waals surface area contributed by atoms with Crippen molar-refractivity contribution in [1.29, 1.82) is 0 Å². The SMILES string of the molecule is CN(CC(=O)Nc1ccc(Cl)c(C(F)(F)F)c1)CC(C)(C)O. The van der Waals surface area contributed by atoms with Gasteiger partial charge in [0.05, 0.1) is 22.7 Å². The minimum absolute atomic E-state index is 0.0124. The minimum Gasteiger partial charge on any atom is -0.389 e. The van der Waals surface area contributed by atoms with Crippen LogP contribution in [0.15, 0.2) is 18.2 Å². The van der Waals surface area contributed by atoms with Gasteiger partial charge in [-0.3, -0.25) is 9.69 Å². The van der Waals surface area contributed by atoms with Gasteiger partial charge in [0.25, 0.3) is 0 Å². The number of hydrogen-bond acceptors (Lipinski definition) is 3. The Hall–Kier alpha value is -1.31. The summed E-state index contributed by atoms with van der Waals surface area (Å²) in [7, 11) is 1.63. The molecule has 22 heavy (non-hydrogen) atoms. The van der Waals surface area contributed by atoms with Crippen LogP contribution in [0.5, 0.6) is 0 Å². The predicted octanol–water partition coefficient (Wildman–Crippen LogP) is 3.00. The summed E-state index contributed by atoms with van der Waals surface area (Å²) < 4.78 is 38.2. The molecule has 2 N–H and O–H groups in total. The number of alkyl halides is 3. The van der Waals surface area contributed by atoms with Crippen molar-refractivity contribution in [3.8, 4) is 0 Å². The molecule has 1 aromatic carbocycles. The molecule has 0 aliphatic heterocycles. The number of anilines is 1. The average molecular weight is 339 g/mol. The average Bonchev–Trinajstić information content (AvgIpc) is 2.27. The first-order valence-corrected chi connectivity index (χ1v) is 6.84. The van der Waals surface area contributed by atoms with E-state index in [0.717, 1.165) is 12.1 Å². The van der Waals surface area contributed by atoms with Crippen molar-refractivity contribution in [1.82, 2.24) is 4.90 Å². The van der Waals surface area contributed by atoms with Gasteiger partial charge in [-0.25, -0.2) is 0 Å². The molecule has 0 unspecified atom stereocenters. The monoisotopic (exact) mass is 338 g/mol. The first-order chi connectivity index (χ1) is 9.88. The number of nitrogens with zero attached hydrogens (tertiary/aromatic N) is 1. The van der Waals surface area contributed by atoms with Crippen LogP contribution in [-0.4, -0.2) is 41.7 Å². The second-order valence-electron chi connectivity index (χ2n) is 5.73. The van der Waals surface area contributed by atoms with E-state index in [2.05, 4.69) is 5.32 Å². The summed E-state index contributed by atoms with van der Waals surface area (Å²) in [6, 6.07) is 3.17. The van der Waals surface area contributed by atoms with E-state index in [1.54, 1.807) is 25.8 Å². The van der Waals surface area contributed by atoms with Gasteiger partial charge in [-0.2, -0.15) is 13.2 Å². The number of halogens is 4. The smallest absolute Gasteiger partial charge is 0.389 e. The fourth-order valence-corrected chi connectivity index (χ4v) is 2.21. The zero-order valence-corrected chi connectivity index (χ0v) is 13.2. The summed E-state index contributed by atoms with van der Waals surface area (Å²) in [5, 5.41) is 11.6. The first-order valence-electron chi connectivity index (χ1n) is 6.46. The molecule has 124 valence electrons. The first kappa shape index (κ1) is 18.7. The Kier molecular flexibility index (Phi) is 5.83. The van der Waals surface area contributed by atoms with Crippen LogP contribution in [0.2, 0.25) is 5.02 Å². The van der Waals surface area contributed by atoms with Crippen molar-refractivity contribution < 1.29 is 23.1 Å². The highest BCUT2D eigenvalue weighted by Crippen LogP contribution is 2.36. The van der Waals surface area contributed by atoms with E-state index in [1.165, 1.54) is 6.07 Å². The molecule has 0 saturated heterocycles. The number of amides is 1. The molecule has 0 aliphatic carbocycles. The van der Waals surface area contributed by atoms with Crippen LogP contribution in [0.25, 0.3) is 0 Å². The Morgan fingerprint density at radius 2 is 1.95 bits per heavy atom. The second kappa shape index (κ2) is 6.85.